The average molecular weight is 307 g/mol. The number of ketones is 1. The van der Waals surface area contributed by atoms with Crippen LogP contribution in [0.3, 0.4) is 0 Å². The van der Waals surface area contributed by atoms with Gasteiger partial charge in [0.1, 0.15) is 11.5 Å². The molecule has 1 heterocycles. The van der Waals surface area contributed by atoms with Crippen molar-refractivity contribution < 1.29 is 9.53 Å². The second-order valence-electron chi connectivity index (χ2n) is 5.93. The molecule has 0 aromatic heterocycles. The summed E-state index contributed by atoms with van der Waals surface area (Å²) >= 11 is 0. The lowest BCUT2D eigenvalue weighted by Gasteiger charge is -2.21. The lowest BCUT2D eigenvalue weighted by atomic mass is 10.1. The van der Waals surface area contributed by atoms with Crippen LogP contribution in [0.1, 0.15) is 20.3 Å². The molecular formula is C20H21NO2. The van der Waals surface area contributed by atoms with E-state index < -0.39 is 0 Å². The van der Waals surface area contributed by atoms with Crippen molar-refractivity contribution in [2.24, 2.45) is 5.92 Å². The Hall–Kier alpha value is -2.55. The summed E-state index contributed by atoms with van der Waals surface area (Å²) in [6.07, 6.45) is 2.83. The maximum atomic E-state index is 11.5. The molecule has 1 fully saturated rings. The van der Waals surface area contributed by atoms with Gasteiger partial charge in [0.15, 0.2) is 5.78 Å². The number of hydrogen-bond acceptors (Lipinski definition) is 3. The number of hydrogen-bond donors (Lipinski definition) is 0. The van der Waals surface area contributed by atoms with Crippen LogP contribution in [0.15, 0.2) is 66.4 Å². The summed E-state index contributed by atoms with van der Waals surface area (Å²) in [4.78, 5) is 13.7. The standard InChI is InChI=1S/C20H21NO2/c1-15-12-13-21(20(15)14-16(2)22)17-8-10-19(11-9-17)23-18-6-4-3-5-7-18/h3-11,14-15H,12-13H2,1-2H3/b20-14+. The molecule has 1 aliphatic rings. The molecule has 0 N–H and O–H groups in total. The fourth-order valence-corrected chi connectivity index (χ4v) is 2.89. The van der Waals surface area contributed by atoms with Gasteiger partial charge >= 0.3 is 0 Å². The number of carbonyl (C=O) groups excluding carboxylic acids is 1. The molecule has 23 heavy (non-hydrogen) atoms. The molecule has 0 radical (unpaired) electrons. The molecule has 3 heteroatoms. The van der Waals surface area contributed by atoms with Gasteiger partial charge in [-0.15, -0.1) is 0 Å². The van der Waals surface area contributed by atoms with Crippen LogP contribution < -0.4 is 9.64 Å². The van der Waals surface area contributed by atoms with Crippen molar-refractivity contribution in [2.45, 2.75) is 20.3 Å². The van der Waals surface area contributed by atoms with E-state index in [-0.39, 0.29) is 5.78 Å². The molecule has 1 unspecified atom stereocenters. The molecule has 0 amide bonds. The van der Waals surface area contributed by atoms with E-state index in [0.29, 0.717) is 5.92 Å². The van der Waals surface area contributed by atoms with E-state index in [9.17, 15) is 4.79 Å². The first kappa shape index (κ1) is 15.3. The number of carbonyl (C=O) groups is 1. The molecule has 1 aliphatic heterocycles. The van der Waals surface area contributed by atoms with Crippen molar-refractivity contribution in [3.8, 4) is 11.5 Å². The first-order valence-corrected chi connectivity index (χ1v) is 7.96. The molecule has 2 aromatic rings. The summed E-state index contributed by atoms with van der Waals surface area (Å²) < 4.78 is 5.82. The highest BCUT2D eigenvalue weighted by Gasteiger charge is 2.25. The third-order valence-electron chi connectivity index (χ3n) is 4.08. The molecule has 1 saturated heterocycles. The van der Waals surface area contributed by atoms with Gasteiger partial charge in [-0.2, -0.15) is 0 Å². The number of anilines is 1. The monoisotopic (exact) mass is 307 g/mol. The number of ether oxygens (including phenoxy) is 1. The molecule has 0 bridgehead atoms. The Balaban J connectivity index is 1.78. The van der Waals surface area contributed by atoms with Crippen LogP contribution in [-0.4, -0.2) is 12.3 Å². The summed E-state index contributed by atoms with van der Waals surface area (Å²) in [5.41, 5.74) is 2.21. The van der Waals surface area contributed by atoms with Crippen LogP contribution >= 0.6 is 0 Å². The first-order chi connectivity index (χ1) is 11.1. The number of allylic oxidation sites excluding steroid dienone is 2. The van der Waals surface area contributed by atoms with Crippen molar-refractivity contribution >= 4 is 11.5 Å². The number of rotatable bonds is 4. The molecule has 3 nitrogen and oxygen atoms in total. The lowest BCUT2D eigenvalue weighted by Crippen LogP contribution is -2.18. The highest BCUT2D eigenvalue weighted by Crippen LogP contribution is 2.34. The molecule has 0 saturated carbocycles. The van der Waals surface area contributed by atoms with Crippen molar-refractivity contribution in [1.29, 1.82) is 0 Å². The summed E-state index contributed by atoms with van der Waals surface area (Å²) in [5.74, 6) is 2.15. The fraction of sp³-hybridized carbons (Fsp3) is 0.250. The Morgan fingerprint density at radius 2 is 1.74 bits per heavy atom. The van der Waals surface area contributed by atoms with Crippen LogP contribution in [-0.2, 0) is 4.79 Å². The van der Waals surface area contributed by atoms with Crippen molar-refractivity contribution in [3.63, 3.8) is 0 Å². The molecule has 1 atom stereocenters. The summed E-state index contributed by atoms with van der Waals surface area (Å²) in [7, 11) is 0. The van der Waals surface area contributed by atoms with Crippen LogP contribution in [0.2, 0.25) is 0 Å². The van der Waals surface area contributed by atoms with E-state index in [0.717, 1.165) is 35.8 Å². The van der Waals surface area contributed by atoms with Gasteiger partial charge < -0.3 is 9.64 Å². The molecule has 0 spiro atoms. The molecule has 118 valence electrons. The van der Waals surface area contributed by atoms with Gasteiger partial charge in [-0.05, 0) is 55.7 Å². The third-order valence-corrected chi connectivity index (χ3v) is 4.08. The zero-order valence-electron chi connectivity index (χ0n) is 13.5. The van der Waals surface area contributed by atoms with Crippen LogP contribution in [0.25, 0.3) is 0 Å². The second-order valence-corrected chi connectivity index (χ2v) is 5.93. The topological polar surface area (TPSA) is 29.5 Å². The predicted octanol–water partition coefficient (Wildman–Crippen LogP) is 4.80. The smallest absolute Gasteiger partial charge is 0.154 e. The van der Waals surface area contributed by atoms with E-state index in [4.69, 9.17) is 4.74 Å². The van der Waals surface area contributed by atoms with Crippen molar-refractivity contribution in [2.75, 3.05) is 11.4 Å². The second kappa shape index (κ2) is 6.69. The summed E-state index contributed by atoms with van der Waals surface area (Å²) in [5, 5.41) is 0. The van der Waals surface area contributed by atoms with Gasteiger partial charge in [0.2, 0.25) is 0 Å². The minimum absolute atomic E-state index is 0.0998. The van der Waals surface area contributed by atoms with Crippen LogP contribution in [0.5, 0.6) is 11.5 Å². The molecule has 3 rings (SSSR count). The largest absolute Gasteiger partial charge is 0.457 e. The molecule has 0 aliphatic carbocycles. The maximum Gasteiger partial charge on any atom is 0.154 e. The van der Waals surface area contributed by atoms with E-state index in [1.807, 2.05) is 54.6 Å². The van der Waals surface area contributed by atoms with Crippen LogP contribution in [0.4, 0.5) is 5.69 Å². The minimum atomic E-state index is 0.0998. The number of benzene rings is 2. The summed E-state index contributed by atoms with van der Waals surface area (Å²) in [6.45, 7) is 4.72. The zero-order chi connectivity index (χ0) is 16.2. The predicted molar refractivity (Wildman–Crippen MR) is 92.8 cm³/mol. The number of nitrogens with zero attached hydrogens (tertiary/aromatic N) is 1. The van der Waals surface area contributed by atoms with Crippen molar-refractivity contribution in [3.05, 3.63) is 66.4 Å². The molecular weight excluding hydrogens is 286 g/mol. The van der Waals surface area contributed by atoms with Gasteiger partial charge in [-0.3, -0.25) is 4.79 Å². The Kier molecular flexibility index (Phi) is 4.47. The zero-order valence-corrected chi connectivity index (χ0v) is 13.5. The van der Waals surface area contributed by atoms with E-state index >= 15 is 0 Å². The normalized spacial score (nSPS) is 19.1. The Bertz CT molecular complexity index is 704. The Morgan fingerprint density at radius 1 is 1.09 bits per heavy atom. The van der Waals surface area contributed by atoms with Crippen molar-refractivity contribution in [1.82, 2.24) is 0 Å². The molecule has 2 aromatic carbocycles. The number of para-hydroxylation sites is 1. The minimum Gasteiger partial charge on any atom is -0.457 e. The fourth-order valence-electron chi connectivity index (χ4n) is 2.89. The van der Waals surface area contributed by atoms with Gasteiger partial charge in [0.05, 0.1) is 0 Å². The third kappa shape index (κ3) is 3.62. The quantitative estimate of drug-likeness (QED) is 0.760. The van der Waals surface area contributed by atoms with Gasteiger partial charge in [-0.25, -0.2) is 0 Å². The van der Waals surface area contributed by atoms with Crippen LogP contribution in [0, 0.1) is 5.92 Å². The highest BCUT2D eigenvalue weighted by molar-refractivity contribution is 5.89. The highest BCUT2D eigenvalue weighted by atomic mass is 16.5. The first-order valence-electron chi connectivity index (χ1n) is 7.96. The van der Waals surface area contributed by atoms with Gasteiger partial charge in [0.25, 0.3) is 0 Å². The van der Waals surface area contributed by atoms with E-state index in [1.165, 1.54) is 0 Å². The van der Waals surface area contributed by atoms with Gasteiger partial charge in [-0.1, -0.05) is 25.1 Å². The Morgan fingerprint density at radius 3 is 2.39 bits per heavy atom. The lowest BCUT2D eigenvalue weighted by molar-refractivity contribution is -0.112. The van der Waals surface area contributed by atoms with Gasteiger partial charge in [0, 0.05) is 24.0 Å². The van der Waals surface area contributed by atoms with E-state index in [2.05, 4.69) is 11.8 Å². The summed E-state index contributed by atoms with van der Waals surface area (Å²) in [6, 6.07) is 17.8. The van der Waals surface area contributed by atoms with E-state index in [1.54, 1.807) is 13.0 Å². The Labute approximate surface area is 137 Å². The maximum absolute atomic E-state index is 11.5. The average Bonchev–Trinajstić information content (AvgIpc) is 2.90. The SMILES string of the molecule is CC(=O)/C=C1\C(C)CCN1c1ccc(Oc2ccccc2)cc1.